The molecule has 0 spiro atoms. The van der Waals surface area contributed by atoms with E-state index in [-0.39, 0.29) is 0 Å². The van der Waals surface area contributed by atoms with Crippen LogP contribution < -0.4 is 10.2 Å². The van der Waals surface area contributed by atoms with Gasteiger partial charge in [0.25, 0.3) is 0 Å². The van der Waals surface area contributed by atoms with Crippen molar-refractivity contribution in [2.75, 3.05) is 30.4 Å². The average molecular weight is 250 g/mol. The van der Waals surface area contributed by atoms with Gasteiger partial charge in [0.15, 0.2) is 0 Å². The van der Waals surface area contributed by atoms with E-state index in [1.165, 1.54) is 18.4 Å². The van der Waals surface area contributed by atoms with E-state index >= 15 is 0 Å². The summed E-state index contributed by atoms with van der Waals surface area (Å²) >= 11 is 0. The molecule has 0 aliphatic rings. The highest BCUT2D eigenvalue weighted by Crippen LogP contribution is 2.24. The molecular weight excluding hydrogens is 224 g/mol. The first-order chi connectivity index (χ1) is 8.74. The second-order valence-corrected chi connectivity index (χ2v) is 4.58. The molecule has 0 amide bonds. The Balaban J connectivity index is 2.97. The summed E-state index contributed by atoms with van der Waals surface area (Å²) in [6, 6.07) is 0. The minimum Gasteiger partial charge on any atom is -0.370 e. The summed E-state index contributed by atoms with van der Waals surface area (Å²) in [5, 5.41) is 3.33. The number of hydrogen-bond acceptors (Lipinski definition) is 4. The summed E-state index contributed by atoms with van der Waals surface area (Å²) in [5.74, 6) is 2.07. The van der Waals surface area contributed by atoms with Gasteiger partial charge in [0, 0.05) is 25.7 Å². The number of unbranched alkanes of at least 4 members (excludes halogenated alkanes) is 1. The standard InChI is InChI=1S/C14H26N4/c1-5-8-10-18(4)14-12(9-6-2)13(15-7-3)16-11-17-14/h11H,5-10H2,1-4H3,(H,15,16,17). The Morgan fingerprint density at radius 1 is 1.17 bits per heavy atom. The van der Waals surface area contributed by atoms with Gasteiger partial charge in [0.1, 0.15) is 18.0 Å². The van der Waals surface area contributed by atoms with Crippen LogP contribution in [-0.4, -0.2) is 30.1 Å². The first-order valence-electron chi connectivity index (χ1n) is 7.03. The van der Waals surface area contributed by atoms with Crippen molar-refractivity contribution < 1.29 is 0 Å². The SMILES string of the molecule is CCCCN(C)c1ncnc(NCC)c1CCC. The van der Waals surface area contributed by atoms with Crippen molar-refractivity contribution in [1.29, 1.82) is 0 Å². The van der Waals surface area contributed by atoms with Gasteiger partial charge in [-0.1, -0.05) is 26.7 Å². The van der Waals surface area contributed by atoms with Gasteiger partial charge in [-0.3, -0.25) is 0 Å². The maximum absolute atomic E-state index is 4.47. The lowest BCUT2D eigenvalue weighted by atomic mass is 10.1. The van der Waals surface area contributed by atoms with Crippen LogP contribution >= 0.6 is 0 Å². The average Bonchev–Trinajstić information content (AvgIpc) is 2.38. The minimum atomic E-state index is 0.895. The quantitative estimate of drug-likeness (QED) is 0.769. The molecule has 0 fully saturated rings. The molecule has 1 rings (SSSR count). The molecule has 0 bridgehead atoms. The zero-order valence-electron chi connectivity index (χ0n) is 12.2. The van der Waals surface area contributed by atoms with Crippen LogP contribution in [0.2, 0.25) is 0 Å². The van der Waals surface area contributed by atoms with Gasteiger partial charge in [0.2, 0.25) is 0 Å². The maximum atomic E-state index is 4.47. The van der Waals surface area contributed by atoms with Crippen molar-refractivity contribution in [2.45, 2.75) is 46.5 Å². The highest BCUT2D eigenvalue weighted by molar-refractivity contribution is 5.58. The summed E-state index contributed by atoms with van der Waals surface area (Å²) < 4.78 is 0. The van der Waals surface area contributed by atoms with Gasteiger partial charge >= 0.3 is 0 Å². The number of nitrogens with one attached hydrogen (secondary N) is 1. The van der Waals surface area contributed by atoms with Gasteiger partial charge in [0.05, 0.1) is 0 Å². The predicted molar refractivity (Wildman–Crippen MR) is 78.4 cm³/mol. The van der Waals surface area contributed by atoms with Crippen LogP contribution in [0.4, 0.5) is 11.6 Å². The first-order valence-corrected chi connectivity index (χ1v) is 7.03. The van der Waals surface area contributed by atoms with Crippen LogP contribution in [0.25, 0.3) is 0 Å². The molecule has 18 heavy (non-hydrogen) atoms. The fourth-order valence-electron chi connectivity index (χ4n) is 2.03. The monoisotopic (exact) mass is 250 g/mol. The molecule has 1 heterocycles. The molecule has 0 aliphatic heterocycles. The zero-order valence-corrected chi connectivity index (χ0v) is 12.2. The first kappa shape index (κ1) is 14.7. The molecule has 0 aliphatic carbocycles. The summed E-state index contributed by atoms with van der Waals surface area (Å²) in [4.78, 5) is 11.1. The van der Waals surface area contributed by atoms with Gasteiger partial charge in [-0.25, -0.2) is 9.97 Å². The molecule has 0 aromatic carbocycles. The Kier molecular flexibility index (Phi) is 6.47. The number of nitrogens with zero attached hydrogens (tertiary/aromatic N) is 3. The third-order valence-corrected chi connectivity index (χ3v) is 2.98. The lowest BCUT2D eigenvalue weighted by Crippen LogP contribution is -2.22. The van der Waals surface area contributed by atoms with E-state index < -0.39 is 0 Å². The van der Waals surface area contributed by atoms with E-state index in [0.29, 0.717) is 0 Å². The van der Waals surface area contributed by atoms with Crippen LogP contribution in [0.1, 0.15) is 45.6 Å². The topological polar surface area (TPSA) is 41.1 Å². The molecule has 0 unspecified atom stereocenters. The largest absolute Gasteiger partial charge is 0.370 e. The minimum absolute atomic E-state index is 0.895. The second-order valence-electron chi connectivity index (χ2n) is 4.58. The lowest BCUT2D eigenvalue weighted by Gasteiger charge is -2.22. The van der Waals surface area contributed by atoms with E-state index in [4.69, 9.17) is 0 Å². The molecule has 0 atom stereocenters. The fraction of sp³-hybridized carbons (Fsp3) is 0.714. The van der Waals surface area contributed by atoms with Gasteiger partial charge in [-0.2, -0.15) is 0 Å². The molecule has 102 valence electrons. The van der Waals surface area contributed by atoms with Crippen molar-refractivity contribution in [3.63, 3.8) is 0 Å². The van der Waals surface area contributed by atoms with Crippen LogP contribution in [0.3, 0.4) is 0 Å². The Labute approximate surface area is 111 Å². The van der Waals surface area contributed by atoms with Gasteiger partial charge in [-0.15, -0.1) is 0 Å². The molecule has 4 heteroatoms. The van der Waals surface area contributed by atoms with E-state index in [0.717, 1.165) is 37.6 Å². The molecule has 0 saturated carbocycles. The van der Waals surface area contributed by atoms with Gasteiger partial charge < -0.3 is 10.2 Å². The van der Waals surface area contributed by atoms with E-state index in [1.807, 2.05) is 0 Å². The van der Waals surface area contributed by atoms with Crippen molar-refractivity contribution in [2.24, 2.45) is 0 Å². The van der Waals surface area contributed by atoms with E-state index in [1.54, 1.807) is 6.33 Å². The third kappa shape index (κ3) is 3.86. The van der Waals surface area contributed by atoms with Crippen LogP contribution in [0, 0.1) is 0 Å². The highest BCUT2D eigenvalue weighted by atomic mass is 15.2. The number of rotatable bonds is 8. The second kappa shape index (κ2) is 7.90. The summed E-state index contributed by atoms with van der Waals surface area (Å²) in [5.41, 5.74) is 1.25. The molecule has 1 aromatic rings. The summed E-state index contributed by atoms with van der Waals surface area (Å²) in [6.07, 6.45) is 6.20. The third-order valence-electron chi connectivity index (χ3n) is 2.98. The molecule has 0 saturated heterocycles. The fourth-order valence-corrected chi connectivity index (χ4v) is 2.03. The molecule has 1 N–H and O–H groups in total. The number of hydrogen-bond donors (Lipinski definition) is 1. The maximum Gasteiger partial charge on any atom is 0.137 e. The van der Waals surface area contributed by atoms with E-state index in [9.17, 15) is 0 Å². The number of anilines is 2. The molecule has 4 nitrogen and oxygen atoms in total. The van der Waals surface area contributed by atoms with Crippen molar-refractivity contribution in [1.82, 2.24) is 9.97 Å². The van der Waals surface area contributed by atoms with Crippen LogP contribution in [0.15, 0.2) is 6.33 Å². The lowest BCUT2D eigenvalue weighted by molar-refractivity contribution is 0.750. The smallest absolute Gasteiger partial charge is 0.137 e. The summed E-state index contributed by atoms with van der Waals surface area (Å²) in [6.45, 7) is 8.45. The predicted octanol–water partition coefficient (Wildman–Crippen LogP) is 3.10. The van der Waals surface area contributed by atoms with Crippen LogP contribution in [0.5, 0.6) is 0 Å². The highest BCUT2D eigenvalue weighted by Gasteiger charge is 2.13. The Bertz CT molecular complexity index is 352. The zero-order chi connectivity index (χ0) is 13.4. The normalized spacial score (nSPS) is 10.4. The summed E-state index contributed by atoms with van der Waals surface area (Å²) in [7, 11) is 2.12. The molecule has 0 radical (unpaired) electrons. The van der Waals surface area contributed by atoms with Crippen molar-refractivity contribution >= 4 is 11.6 Å². The van der Waals surface area contributed by atoms with Gasteiger partial charge in [-0.05, 0) is 19.8 Å². The Hall–Kier alpha value is -1.32. The molecular formula is C14H26N4. The van der Waals surface area contributed by atoms with Crippen molar-refractivity contribution in [3.8, 4) is 0 Å². The van der Waals surface area contributed by atoms with Crippen LogP contribution in [-0.2, 0) is 6.42 Å². The van der Waals surface area contributed by atoms with Crippen molar-refractivity contribution in [3.05, 3.63) is 11.9 Å². The Morgan fingerprint density at radius 3 is 2.56 bits per heavy atom. The number of aromatic nitrogens is 2. The Morgan fingerprint density at radius 2 is 1.94 bits per heavy atom. The van der Waals surface area contributed by atoms with E-state index in [2.05, 4.69) is 48.0 Å². The molecule has 1 aromatic heterocycles.